The summed E-state index contributed by atoms with van der Waals surface area (Å²) >= 11 is 0. The molecule has 114 valence electrons. The van der Waals surface area contributed by atoms with Gasteiger partial charge in [-0.3, -0.25) is 25.8 Å². The monoisotopic (exact) mass is 303 g/mol. The summed E-state index contributed by atoms with van der Waals surface area (Å²) in [6.07, 6.45) is 1.07. The molecule has 0 saturated carbocycles. The highest BCUT2D eigenvalue weighted by Crippen LogP contribution is 2.27. The molecule has 1 heterocycles. The van der Waals surface area contributed by atoms with E-state index < -0.39 is 16.5 Å². The van der Waals surface area contributed by atoms with Crippen LogP contribution in [0.2, 0.25) is 0 Å². The first-order chi connectivity index (χ1) is 10.5. The summed E-state index contributed by atoms with van der Waals surface area (Å²) in [4.78, 5) is 29.6. The van der Waals surface area contributed by atoms with Crippen LogP contribution in [0.1, 0.15) is 15.9 Å². The van der Waals surface area contributed by atoms with E-state index in [0.29, 0.717) is 5.56 Å². The molecule has 0 bridgehead atoms. The first-order valence-electron chi connectivity index (χ1n) is 6.12. The Morgan fingerprint density at radius 3 is 2.45 bits per heavy atom. The lowest BCUT2D eigenvalue weighted by molar-refractivity contribution is -0.383. The van der Waals surface area contributed by atoms with E-state index in [0.717, 1.165) is 11.9 Å². The SMILES string of the molecule is Cc1ccc(C(=O)NNc2ncnc(NN)c2[N+](=O)[O-])cc1. The molecular weight excluding hydrogens is 290 g/mol. The van der Waals surface area contributed by atoms with E-state index in [1.165, 1.54) is 0 Å². The molecule has 2 aromatic rings. The molecule has 0 unspecified atom stereocenters. The molecule has 1 aromatic carbocycles. The lowest BCUT2D eigenvalue weighted by atomic mass is 10.1. The largest absolute Gasteiger partial charge is 0.356 e. The number of hydrazine groups is 2. The quantitative estimate of drug-likeness (QED) is 0.359. The Labute approximate surface area is 124 Å². The van der Waals surface area contributed by atoms with Crippen LogP contribution in [-0.4, -0.2) is 20.8 Å². The lowest BCUT2D eigenvalue weighted by Crippen LogP contribution is -2.30. The van der Waals surface area contributed by atoms with Crippen molar-refractivity contribution in [3.8, 4) is 0 Å². The van der Waals surface area contributed by atoms with E-state index in [-0.39, 0.29) is 11.6 Å². The third-order valence-corrected chi connectivity index (χ3v) is 2.75. The van der Waals surface area contributed by atoms with E-state index in [4.69, 9.17) is 5.84 Å². The van der Waals surface area contributed by atoms with Gasteiger partial charge in [0.05, 0.1) is 4.92 Å². The second kappa shape index (κ2) is 6.45. The number of nitro groups is 1. The van der Waals surface area contributed by atoms with Gasteiger partial charge in [-0.2, -0.15) is 0 Å². The maximum Gasteiger partial charge on any atom is 0.356 e. The highest BCUT2D eigenvalue weighted by molar-refractivity contribution is 5.95. The van der Waals surface area contributed by atoms with E-state index in [2.05, 4.69) is 26.2 Å². The Kier molecular flexibility index (Phi) is 4.44. The second-order valence-electron chi connectivity index (χ2n) is 4.27. The van der Waals surface area contributed by atoms with Gasteiger partial charge >= 0.3 is 5.69 Å². The Morgan fingerprint density at radius 1 is 1.23 bits per heavy atom. The number of amides is 1. The smallest absolute Gasteiger partial charge is 0.303 e. The molecule has 10 nitrogen and oxygen atoms in total. The van der Waals surface area contributed by atoms with Gasteiger partial charge in [-0.25, -0.2) is 15.8 Å². The summed E-state index contributed by atoms with van der Waals surface area (Å²) in [7, 11) is 0. The summed E-state index contributed by atoms with van der Waals surface area (Å²) in [6.45, 7) is 1.89. The normalized spacial score (nSPS) is 9.91. The molecule has 0 saturated heterocycles. The molecule has 0 atom stereocenters. The first kappa shape index (κ1) is 15.1. The Balaban J connectivity index is 2.16. The minimum Gasteiger partial charge on any atom is -0.303 e. The number of aryl methyl sites for hydroxylation is 1. The summed E-state index contributed by atoms with van der Waals surface area (Å²) < 4.78 is 0. The molecule has 1 amide bonds. The van der Waals surface area contributed by atoms with Crippen LogP contribution in [0.3, 0.4) is 0 Å². The van der Waals surface area contributed by atoms with Crippen molar-refractivity contribution in [2.75, 3.05) is 10.9 Å². The standard InChI is InChI=1S/C12H13N7O3/c1-7-2-4-8(5-3-7)12(20)18-17-11-9(19(21)22)10(16-13)14-6-15-11/h2-6H,13H2,1H3,(H,18,20)(H2,14,15,16,17). The van der Waals surface area contributed by atoms with Crippen molar-refractivity contribution in [2.45, 2.75) is 6.92 Å². The zero-order chi connectivity index (χ0) is 16.1. The number of carbonyl (C=O) groups is 1. The predicted molar refractivity (Wildman–Crippen MR) is 78.8 cm³/mol. The molecule has 0 spiro atoms. The van der Waals surface area contributed by atoms with E-state index in [1.807, 2.05) is 6.92 Å². The van der Waals surface area contributed by atoms with Gasteiger partial charge in [-0.05, 0) is 19.1 Å². The molecule has 1 aromatic heterocycles. The van der Waals surface area contributed by atoms with Crippen molar-refractivity contribution >= 4 is 23.2 Å². The van der Waals surface area contributed by atoms with Crippen LogP contribution in [0.15, 0.2) is 30.6 Å². The molecule has 0 aliphatic carbocycles. The van der Waals surface area contributed by atoms with Gasteiger partial charge < -0.3 is 5.43 Å². The number of aromatic nitrogens is 2. The zero-order valence-corrected chi connectivity index (χ0v) is 11.5. The van der Waals surface area contributed by atoms with E-state index in [9.17, 15) is 14.9 Å². The molecule has 22 heavy (non-hydrogen) atoms. The van der Waals surface area contributed by atoms with E-state index in [1.54, 1.807) is 24.3 Å². The number of carbonyl (C=O) groups excluding carboxylic acids is 1. The molecule has 0 aliphatic heterocycles. The highest BCUT2D eigenvalue weighted by Gasteiger charge is 2.22. The number of nitrogen functional groups attached to an aromatic ring is 1. The average Bonchev–Trinajstić information content (AvgIpc) is 2.52. The number of nitrogens with two attached hydrogens (primary N) is 1. The van der Waals surface area contributed by atoms with Crippen LogP contribution in [0.5, 0.6) is 0 Å². The fourth-order valence-corrected chi connectivity index (χ4v) is 1.64. The fraction of sp³-hybridized carbons (Fsp3) is 0.0833. The highest BCUT2D eigenvalue weighted by atomic mass is 16.6. The van der Waals surface area contributed by atoms with Gasteiger partial charge in [-0.15, -0.1) is 0 Å². The van der Waals surface area contributed by atoms with Crippen LogP contribution in [0.4, 0.5) is 17.3 Å². The molecular formula is C12H13N7O3. The fourth-order valence-electron chi connectivity index (χ4n) is 1.64. The third-order valence-electron chi connectivity index (χ3n) is 2.75. The Bertz CT molecular complexity index is 702. The number of nitrogens with zero attached hydrogens (tertiary/aromatic N) is 3. The number of anilines is 2. The number of hydrogen-bond donors (Lipinski definition) is 4. The maximum atomic E-state index is 11.9. The Hall–Kier alpha value is -3.27. The molecule has 0 fully saturated rings. The minimum absolute atomic E-state index is 0.174. The zero-order valence-electron chi connectivity index (χ0n) is 11.5. The maximum absolute atomic E-state index is 11.9. The van der Waals surface area contributed by atoms with Crippen LogP contribution < -0.4 is 22.1 Å². The minimum atomic E-state index is -0.713. The summed E-state index contributed by atoms with van der Waals surface area (Å²) in [5.74, 6) is 4.34. The molecule has 2 rings (SSSR count). The summed E-state index contributed by atoms with van der Waals surface area (Å²) in [6, 6.07) is 6.82. The van der Waals surface area contributed by atoms with Gasteiger partial charge in [0.1, 0.15) is 6.33 Å². The van der Waals surface area contributed by atoms with Crippen LogP contribution in [-0.2, 0) is 0 Å². The average molecular weight is 303 g/mol. The van der Waals surface area contributed by atoms with Crippen molar-refractivity contribution in [3.05, 3.63) is 51.8 Å². The van der Waals surface area contributed by atoms with Gasteiger partial charge in [0.2, 0.25) is 11.6 Å². The molecule has 0 aliphatic rings. The topological polar surface area (TPSA) is 148 Å². The number of rotatable bonds is 5. The number of nitrogens with one attached hydrogen (secondary N) is 3. The van der Waals surface area contributed by atoms with Gasteiger partial charge in [0.25, 0.3) is 5.91 Å². The number of hydrogen-bond acceptors (Lipinski definition) is 8. The van der Waals surface area contributed by atoms with Crippen molar-refractivity contribution in [2.24, 2.45) is 5.84 Å². The van der Waals surface area contributed by atoms with Gasteiger partial charge in [0, 0.05) is 5.56 Å². The van der Waals surface area contributed by atoms with Crippen molar-refractivity contribution in [1.82, 2.24) is 15.4 Å². The van der Waals surface area contributed by atoms with Crippen LogP contribution in [0.25, 0.3) is 0 Å². The van der Waals surface area contributed by atoms with Crippen LogP contribution >= 0.6 is 0 Å². The number of benzene rings is 1. The third kappa shape index (κ3) is 3.24. The first-order valence-corrected chi connectivity index (χ1v) is 6.12. The summed E-state index contributed by atoms with van der Waals surface area (Å²) in [5.41, 5.74) is 7.75. The summed E-state index contributed by atoms with van der Waals surface area (Å²) in [5, 5.41) is 11.0. The van der Waals surface area contributed by atoms with Gasteiger partial charge in [0.15, 0.2) is 0 Å². The van der Waals surface area contributed by atoms with E-state index >= 15 is 0 Å². The van der Waals surface area contributed by atoms with Crippen molar-refractivity contribution in [3.63, 3.8) is 0 Å². The molecule has 0 radical (unpaired) electrons. The van der Waals surface area contributed by atoms with Crippen molar-refractivity contribution in [1.29, 1.82) is 0 Å². The van der Waals surface area contributed by atoms with Crippen LogP contribution in [0, 0.1) is 17.0 Å². The predicted octanol–water partition coefficient (Wildman–Crippen LogP) is 0.736. The molecule has 5 N–H and O–H groups in total. The lowest BCUT2D eigenvalue weighted by Gasteiger charge is -2.09. The Morgan fingerprint density at radius 2 is 1.86 bits per heavy atom. The molecule has 10 heteroatoms. The second-order valence-corrected chi connectivity index (χ2v) is 4.27. The van der Waals surface area contributed by atoms with Gasteiger partial charge in [-0.1, -0.05) is 17.7 Å². The van der Waals surface area contributed by atoms with Crippen molar-refractivity contribution < 1.29 is 9.72 Å².